The van der Waals surface area contributed by atoms with Crippen molar-refractivity contribution >= 4 is 22.4 Å². The minimum Gasteiger partial charge on any atom is -0.471 e. The van der Waals surface area contributed by atoms with E-state index in [-0.39, 0.29) is 22.7 Å². The van der Waals surface area contributed by atoms with Gasteiger partial charge in [-0.25, -0.2) is 9.36 Å². The van der Waals surface area contributed by atoms with Crippen molar-refractivity contribution in [3.63, 3.8) is 0 Å². The molecular weight excluding hydrogens is 436 g/mol. The van der Waals surface area contributed by atoms with Gasteiger partial charge in [0.25, 0.3) is 17.0 Å². The molecule has 0 atom stereocenters. The lowest BCUT2D eigenvalue weighted by Crippen LogP contribution is -2.50. The monoisotopic (exact) mass is 466 g/mol. The second-order valence-corrected chi connectivity index (χ2v) is 9.31. The van der Waals surface area contributed by atoms with E-state index in [1.807, 2.05) is 32.6 Å². The van der Waals surface area contributed by atoms with Crippen LogP contribution in [-0.2, 0) is 13.6 Å². The van der Waals surface area contributed by atoms with Crippen LogP contribution >= 0.6 is 0 Å². The minimum absolute atomic E-state index is 0.207. The highest BCUT2D eigenvalue weighted by molar-refractivity contribution is 6.04. The summed E-state index contributed by atoms with van der Waals surface area (Å²) in [7, 11) is 1.60. The van der Waals surface area contributed by atoms with Gasteiger partial charge in [-0.1, -0.05) is 18.2 Å². The summed E-state index contributed by atoms with van der Waals surface area (Å²) in [5, 5.41) is 9.60. The molecule has 34 heavy (non-hydrogen) atoms. The van der Waals surface area contributed by atoms with Gasteiger partial charge in [-0.15, -0.1) is 5.10 Å². The molecule has 1 amide bonds. The van der Waals surface area contributed by atoms with Crippen LogP contribution in [0.5, 0.6) is 5.88 Å². The second-order valence-electron chi connectivity index (χ2n) is 9.31. The maximum absolute atomic E-state index is 13.4. The van der Waals surface area contributed by atoms with Crippen molar-refractivity contribution in [2.24, 2.45) is 7.05 Å². The van der Waals surface area contributed by atoms with Gasteiger partial charge in [-0.2, -0.15) is 5.10 Å². The Morgan fingerprint density at radius 1 is 1.00 bits per heavy atom. The molecule has 0 spiro atoms. The molecule has 3 aromatic rings. The Balaban J connectivity index is 1.58. The molecular formula is C24H30N6O4. The SMILES string of the molecule is CCn1nc(C(=O)N2CCN(c3cc(OC(C)(C)C)nn(C)c3=O)CC2)c2ccccc2c1=O. The number of anilines is 1. The molecule has 0 saturated carbocycles. The molecule has 1 saturated heterocycles. The van der Waals surface area contributed by atoms with Crippen LogP contribution in [0.15, 0.2) is 39.9 Å². The van der Waals surface area contributed by atoms with Gasteiger partial charge in [0.05, 0.1) is 5.39 Å². The summed E-state index contributed by atoms with van der Waals surface area (Å²) in [5.74, 6) is 0.151. The summed E-state index contributed by atoms with van der Waals surface area (Å²) in [5.41, 5.74) is -0.111. The van der Waals surface area contributed by atoms with Crippen LogP contribution < -0.4 is 20.8 Å². The lowest BCUT2D eigenvalue weighted by molar-refractivity contribution is 0.0740. The van der Waals surface area contributed by atoms with Gasteiger partial charge >= 0.3 is 0 Å². The fourth-order valence-corrected chi connectivity index (χ4v) is 4.06. The van der Waals surface area contributed by atoms with E-state index in [1.54, 1.807) is 42.3 Å². The van der Waals surface area contributed by atoms with E-state index >= 15 is 0 Å². The van der Waals surface area contributed by atoms with Crippen molar-refractivity contribution in [3.8, 4) is 5.88 Å². The highest BCUT2D eigenvalue weighted by Gasteiger charge is 2.27. The number of aryl methyl sites for hydroxylation is 2. The Hall–Kier alpha value is -3.69. The number of hydrogen-bond acceptors (Lipinski definition) is 7. The highest BCUT2D eigenvalue weighted by Crippen LogP contribution is 2.21. The Labute approximate surface area is 197 Å². The van der Waals surface area contributed by atoms with E-state index in [1.165, 1.54) is 9.36 Å². The van der Waals surface area contributed by atoms with Gasteiger partial charge in [0.15, 0.2) is 5.69 Å². The molecule has 0 N–H and O–H groups in total. The molecule has 10 heteroatoms. The fourth-order valence-electron chi connectivity index (χ4n) is 4.06. The van der Waals surface area contributed by atoms with Crippen molar-refractivity contribution in [1.82, 2.24) is 24.5 Å². The molecule has 0 aliphatic carbocycles. The molecule has 1 fully saturated rings. The van der Waals surface area contributed by atoms with E-state index in [2.05, 4.69) is 10.2 Å². The fraction of sp³-hybridized carbons (Fsp3) is 0.458. The van der Waals surface area contributed by atoms with E-state index < -0.39 is 5.60 Å². The summed E-state index contributed by atoms with van der Waals surface area (Å²) in [6.45, 7) is 9.75. The van der Waals surface area contributed by atoms with Gasteiger partial charge in [0, 0.05) is 51.2 Å². The molecule has 10 nitrogen and oxygen atoms in total. The predicted octanol–water partition coefficient (Wildman–Crippen LogP) is 1.65. The summed E-state index contributed by atoms with van der Waals surface area (Å²) in [4.78, 5) is 42.4. The smallest absolute Gasteiger partial charge is 0.290 e. The van der Waals surface area contributed by atoms with Crippen LogP contribution in [0.3, 0.4) is 0 Å². The largest absolute Gasteiger partial charge is 0.471 e. The number of amides is 1. The van der Waals surface area contributed by atoms with E-state index in [0.29, 0.717) is 55.1 Å². The lowest BCUT2D eigenvalue weighted by atomic mass is 10.1. The molecule has 180 valence electrons. The van der Waals surface area contributed by atoms with Gasteiger partial charge in [0.2, 0.25) is 5.88 Å². The standard InChI is InChI=1S/C24H30N6O4/c1-6-30-21(31)17-10-8-7-9-16(17)20(26-30)23(33)29-13-11-28(12-14-29)18-15-19(34-24(2,3)4)25-27(5)22(18)32/h7-10,15H,6,11-14H2,1-5H3. The zero-order valence-electron chi connectivity index (χ0n) is 20.2. The molecule has 0 bridgehead atoms. The topological polar surface area (TPSA) is 103 Å². The molecule has 0 unspecified atom stereocenters. The maximum Gasteiger partial charge on any atom is 0.290 e. The number of fused-ring (bicyclic) bond motifs is 1. The molecule has 1 aliphatic rings. The molecule has 3 heterocycles. The van der Waals surface area contributed by atoms with Gasteiger partial charge in [0.1, 0.15) is 11.3 Å². The highest BCUT2D eigenvalue weighted by atomic mass is 16.5. The van der Waals surface area contributed by atoms with Crippen LogP contribution in [0.25, 0.3) is 10.8 Å². The van der Waals surface area contributed by atoms with E-state index in [4.69, 9.17) is 4.74 Å². The Bertz CT molecular complexity index is 1350. The van der Waals surface area contributed by atoms with E-state index in [9.17, 15) is 14.4 Å². The normalized spacial score (nSPS) is 14.5. The average Bonchev–Trinajstić information content (AvgIpc) is 2.80. The third kappa shape index (κ3) is 4.52. The van der Waals surface area contributed by atoms with Crippen molar-refractivity contribution in [2.45, 2.75) is 39.8 Å². The van der Waals surface area contributed by atoms with Crippen LogP contribution in [0.1, 0.15) is 38.2 Å². The summed E-state index contributed by atoms with van der Waals surface area (Å²) in [6, 6.07) is 8.72. The first-order valence-corrected chi connectivity index (χ1v) is 11.4. The first-order valence-electron chi connectivity index (χ1n) is 11.4. The van der Waals surface area contributed by atoms with Crippen molar-refractivity contribution in [1.29, 1.82) is 0 Å². The van der Waals surface area contributed by atoms with Crippen LogP contribution in [0.4, 0.5) is 5.69 Å². The van der Waals surface area contributed by atoms with Gasteiger partial charge in [-0.05, 0) is 33.8 Å². The summed E-state index contributed by atoms with van der Waals surface area (Å²) < 4.78 is 8.46. The van der Waals surface area contributed by atoms with E-state index in [0.717, 1.165) is 0 Å². The molecule has 1 aromatic carbocycles. The first kappa shape index (κ1) is 23.5. The van der Waals surface area contributed by atoms with Crippen molar-refractivity contribution < 1.29 is 9.53 Å². The van der Waals surface area contributed by atoms with Crippen LogP contribution in [0.2, 0.25) is 0 Å². The molecule has 2 aromatic heterocycles. The number of aromatic nitrogens is 4. The van der Waals surface area contributed by atoms with Crippen LogP contribution in [-0.4, -0.2) is 62.1 Å². The predicted molar refractivity (Wildman–Crippen MR) is 130 cm³/mol. The summed E-state index contributed by atoms with van der Waals surface area (Å²) >= 11 is 0. The number of hydrogen-bond donors (Lipinski definition) is 0. The zero-order chi connectivity index (χ0) is 24.6. The molecule has 4 rings (SSSR count). The van der Waals surface area contributed by atoms with Crippen molar-refractivity contribution in [3.05, 3.63) is 56.7 Å². The van der Waals surface area contributed by atoms with Gasteiger partial charge in [-0.3, -0.25) is 14.4 Å². The Morgan fingerprint density at radius 2 is 1.65 bits per heavy atom. The Kier molecular flexibility index (Phi) is 6.16. The number of rotatable bonds is 4. The minimum atomic E-state index is -0.447. The Morgan fingerprint density at radius 3 is 2.26 bits per heavy atom. The third-order valence-electron chi connectivity index (χ3n) is 5.71. The number of ether oxygens (including phenoxy) is 1. The van der Waals surface area contributed by atoms with Gasteiger partial charge < -0.3 is 14.5 Å². The molecule has 1 aliphatic heterocycles. The van der Waals surface area contributed by atoms with Crippen molar-refractivity contribution in [2.75, 3.05) is 31.1 Å². The second kappa shape index (κ2) is 8.92. The lowest BCUT2D eigenvalue weighted by Gasteiger charge is -2.35. The first-order chi connectivity index (χ1) is 16.1. The number of carbonyl (C=O) groups excluding carboxylic acids is 1. The zero-order valence-corrected chi connectivity index (χ0v) is 20.2. The number of benzene rings is 1. The number of carbonyl (C=O) groups is 1. The number of piperazine rings is 1. The maximum atomic E-state index is 13.4. The third-order valence-corrected chi connectivity index (χ3v) is 5.71. The summed E-state index contributed by atoms with van der Waals surface area (Å²) in [6.07, 6.45) is 0. The average molecular weight is 467 g/mol. The van der Waals surface area contributed by atoms with Crippen LogP contribution in [0, 0.1) is 0 Å². The quantitative estimate of drug-likeness (QED) is 0.576. The molecule has 0 radical (unpaired) electrons. The number of nitrogens with zero attached hydrogens (tertiary/aromatic N) is 6.